The van der Waals surface area contributed by atoms with Gasteiger partial charge in [-0.1, -0.05) is 65.0 Å². The van der Waals surface area contributed by atoms with Crippen molar-refractivity contribution in [1.82, 2.24) is 0 Å². The molecule has 0 spiro atoms. The van der Waals surface area contributed by atoms with E-state index in [9.17, 15) is 0 Å². The van der Waals surface area contributed by atoms with E-state index in [0.717, 1.165) is 17.8 Å². The van der Waals surface area contributed by atoms with E-state index >= 15 is 0 Å². The Morgan fingerprint density at radius 3 is 2.38 bits per heavy atom. The van der Waals surface area contributed by atoms with Crippen molar-refractivity contribution in [2.45, 2.75) is 72.1 Å². The average molecular weight is 222 g/mol. The van der Waals surface area contributed by atoms with E-state index in [1.807, 2.05) is 0 Å². The minimum absolute atomic E-state index is 0.813. The summed E-state index contributed by atoms with van der Waals surface area (Å²) in [6.07, 6.45) is 16.2. The Kier molecular flexibility index (Phi) is 6.84. The molecule has 1 aliphatic carbocycles. The second-order valence-electron chi connectivity index (χ2n) is 5.89. The molecule has 0 bridgehead atoms. The van der Waals surface area contributed by atoms with Crippen LogP contribution in [0.1, 0.15) is 72.1 Å². The summed E-state index contributed by atoms with van der Waals surface area (Å²) in [7, 11) is 0. The van der Waals surface area contributed by atoms with Crippen LogP contribution in [-0.2, 0) is 0 Å². The van der Waals surface area contributed by atoms with Gasteiger partial charge in [0.2, 0.25) is 0 Å². The lowest BCUT2D eigenvalue weighted by Crippen LogP contribution is -2.10. The largest absolute Gasteiger partial charge is 0.0885 e. The fourth-order valence-corrected chi connectivity index (χ4v) is 3.00. The molecule has 1 saturated carbocycles. The van der Waals surface area contributed by atoms with E-state index in [-0.39, 0.29) is 0 Å². The van der Waals surface area contributed by atoms with Crippen LogP contribution in [0.3, 0.4) is 0 Å². The third-order valence-corrected chi connectivity index (χ3v) is 4.07. The Bertz CT molecular complexity index is 184. The molecule has 0 heteroatoms. The van der Waals surface area contributed by atoms with Gasteiger partial charge < -0.3 is 0 Å². The Hall–Kier alpha value is -0.260. The van der Waals surface area contributed by atoms with E-state index in [1.165, 1.54) is 51.4 Å². The van der Waals surface area contributed by atoms with Crippen LogP contribution in [0.15, 0.2) is 12.2 Å². The van der Waals surface area contributed by atoms with E-state index in [1.54, 1.807) is 0 Å². The molecule has 1 rings (SSSR count). The SMILES string of the molecule is CCC(CCC=CCC(C)C)C1CCCC1. The Labute approximate surface area is 103 Å². The van der Waals surface area contributed by atoms with Gasteiger partial charge in [0.05, 0.1) is 0 Å². The summed E-state index contributed by atoms with van der Waals surface area (Å²) in [6.45, 7) is 6.95. The highest BCUT2D eigenvalue weighted by molar-refractivity contribution is 4.84. The summed E-state index contributed by atoms with van der Waals surface area (Å²) < 4.78 is 0. The zero-order chi connectivity index (χ0) is 11.8. The molecule has 0 nitrogen and oxygen atoms in total. The Morgan fingerprint density at radius 2 is 1.81 bits per heavy atom. The van der Waals surface area contributed by atoms with Gasteiger partial charge in [-0.3, -0.25) is 0 Å². The fraction of sp³-hybridized carbons (Fsp3) is 0.875. The maximum atomic E-state index is 2.41. The fourth-order valence-electron chi connectivity index (χ4n) is 3.00. The van der Waals surface area contributed by atoms with Gasteiger partial charge in [0, 0.05) is 0 Å². The first-order chi connectivity index (χ1) is 7.74. The third-order valence-electron chi connectivity index (χ3n) is 4.07. The van der Waals surface area contributed by atoms with Crippen molar-refractivity contribution in [3.05, 3.63) is 12.2 Å². The van der Waals surface area contributed by atoms with E-state index < -0.39 is 0 Å². The summed E-state index contributed by atoms with van der Waals surface area (Å²) in [5, 5.41) is 0. The van der Waals surface area contributed by atoms with Crippen LogP contribution in [0.5, 0.6) is 0 Å². The summed E-state index contributed by atoms with van der Waals surface area (Å²) in [5.41, 5.74) is 0. The van der Waals surface area contributed by atoms with Gasteiger partial charge in [-0.15, -0.1) is 0 Å². The van der Waals surface area contributed by atoms with Crippen LogP contribution >= 0.6 is 0 Å². The molecule has 0 radical (unpaired) electrons. The molecule has 0 aromatic carbocycles. The van der Waals surface area contributed by atoms with Gasteiger partial charge in [-0.2, -0.15) is 0 Å². The topological polar surface area (TPSA) is 0 Å². The van der Waals surface area contributed by atoms with E-state index in [2.05, 4.69) is 32.9 Å². The summed E-state index contributed by atoms with van der Waals surface area (Å²) in [6, 6.07) is 0. The number of hydrogen-bond acceptors (Lipinski definition) is 0. The van der Waals surface area contributed by atoms with Crippen LogP contribution < -0.4 is 0 Å². The summed E-state index contributed by atoms with van der Waals surface area (Å²) >= 11 is 0. The average Bonchev–Trinajstić information content (AvgIpc) is 2.76. The standard InChI is InChI=1S/C16H30/c1-4-15(16-12-8-9-13-16)11-7-5-6-10-14(2)3/h5-6,14-16H,4,7-13H2,1-3H3. The lowest BCUT2D eigenvalue weighted by atomic mass is 9.85. The Balaban J connectivity index is 2.15. The van der Waals surface area contributed by atoms with Gasteiger partial charge in [-0.05, 0) is 37.0 Å². The molecule has 0 N–H and O–H groups in total. The monoisotopic (exact) mass is 222 g/mol. The number of allylic oxidation sites excluding steroid dienone is 2. The van der Waals surface area contributed by atoms with Crippen LogP contribution in [0, 0.1) is 17.8 Å². The number of hydrogen-bond donors (Lipinski definition) is 0. The lowest BCUT2D eigenvalue weighted by molar-refractivity contribution is 0.311. The third kappa shape index (κ3) is 5.18. The van der Waals surface area contributed by atoms with Crippen molar-refractivity contribution in [1.29, 1.82) is 0 Å². The maximum absolute atomic E-state index is 2.41. The molecule has 94 valence electrons. The van der Waals surface area contributed by atoms with Crippen molar-refractivity contribution < 1.29 is 0 Å². The van der Waals surface area contributed by atoms with Gasteiger partial charge in [0.25, 0.3) is 0 Å². The van der Waals surface area contributed by atoms with Crippen molar-refractivity contribution in [3.63, 3.8) is 0 Å². The predicted molar refractivity (Wildman–Crippen MR) is 73.6 cm³/mol. The first-order valence-electron chi connectivity index (χ1n) is 7.39. The van der Waals surface area contributed by atoms with E-state index in [4.69, 9.17) is 0 Å². The quantitative estimate of drug-likeness (QED) is 0.493. The second kappa shape index (κ2) is 7.92. The van der Waals surface area contributed by atoms with Gasteiger partial charge in [0.15, 0.2) is 0 Å². The first-order valence-corrected chi connectivity index (χ1v) is 7.39. The molecular weight excluding hydrogens is 192 g/mol. The van der Waals surface area contributed by atoms with Gasteiger partial charge in [-0.25, -0.2) is 0 Å². The molecule has 1 fully saturated rings. The smallest absolute Gasteiger partial charge is 0.0327 e. The molecular formula is C16H30. The van der Waals surface area contributed by atoms with Crippen LogP contribution in [0.25, 0.3) is 0 Å². The summed E-state index contributed by atoms with van der Waals surface area (Å²) in [5.74, 6) is 2.88. The normalized spacial score (nSPS) is 20.0. The van der Waals surface area contributed by atoms with Crippen LogP contribution in [0.4, 0.5) is 0 Å². The van der Waals surface area contributed by atoms with Crippen molar-refractivity contribution in [3.8, 4) is 0 Å². The predicted octanol–water partition coefficient (Wildman–Crippen LogP) is 5.59. The zero-order valence-electron chi connectivity index (χ0n) is 11.5. The van der Waals surface area contributed by atoms with E-state index in [0.29, 0.717) is 0 Å². The molecule has 16 heavy (non-hydrogen) atoms. The van der Waals surface area contributed by atoms with Crippen molar-refractivity contribution in [2.75, 3.05) is 0 Å². The Morgan fingerprint density at radius 1 is 1.12 bits per heavy atom. The molecule has 0 aromatic heterocycles. The number of rotatable bonds is 7. The molecule has 1 unspecified atom stereocenters. The van der Waals surface area contributed by atoms with Crippen molar-refractivity contribution >= 4 is 0 Å². The molecule has 0 heterocycles. The van der Waals surface area contributed by atoms with Gasteiger partial charge >= 0.3 is 0 Å². The molecule has 0 aliphatic heterocycles. The van der Waals surface area contributed by atoms with Crippen LogP contribution in [0.2, 0.25) is 0 Å². The highest BCUT2D eigenvalue weighted by atomic mass is 14.3. The molecule has 1 aliphatic rings. The zero-order valence-corrected chi connectivity index (χ0v) is 11.5. The van der Waals surface area contributed by atoms with Crippen LogP contribution in [-0.4, -0.2) is 0 Å². The molecule has 0 amide bonds. The van der Waals surface area contributed by atoms with Crippen molar-refractivity contribution in [2.24, 2.45) is 17.8 Å². The highest BCUT2D eigenvalue weighted by Gasteiger charge is 2.22. The minimum Gasteiger partial charge on any atom is -0.0885 e. The maximum Gasteiger partial charge on any atom is -0.0327 e. The second-order valence-corrected chi connectivity index (χ2v) is 5.89. The minimum atomic E-state index is 0.813. The molecule has 0 aromatic rings. The summed E-state index contributed by atoms with van der Waals surface area (Å²) in [4.78, 5) is 0. The molecule has 1 atom stereocenters. The first kappa shape index (κ1) is 13.8. The van der Waals surface area contributed by atoms with Gasteiger partial charge in [0.1, 0.15) is 0 Å². The lowest BCUT2D eigenvalue weighted by Gasteiger charge is -2.21. The highest BCUT2D eigenvalue weighted by Crippen LogP contribution is 2.35. The molecule has 0 saturated heterocycles.